The van der Waals surface area contributed by atoms with E-state index in [9.17, 15) is 4.79 Å². The largest absolute Gasteiger partial charge is 0.490 e. The predicted molar refractivity (Wildman–Crippen MR) is 126 cm³/mol. The Labute approximate surface area is 188 Å². The third-order valence-corrected chi connectivity index (χ3v) is 6.50. The first-order valence-corrected chi connectivity index (χ1v) is 11.1. The number of anilines is 1. The fourth-order valence-electron chi connectivity index (χ4n) is 4.73. The van der Waals surface area contributed by atoms with E-state index in [1.807, 2.05) is 69.9 Å². The van der Waals surface area contributed by atoms with Crippen molar-refractivity contribution in [3.05, 3.63) is 53.1 Å². The number of benzene rings is 2. The number of carbonyl (C=O) groups is 1. The summed E-state index contributed by atoms with van der Waals surface area (Å²) in [7, 11) is 0. The molecule has 6 nitrogen and oxygen atoms in total. The van der Waals surface area contributed by atoms with Crippen LogP contribution in [0.4, 0.5) is 5.69 Å². The Morgan fingerprint density at radius 3 is 2.74 bits per heavy atom. The number of hydrogen-bond acceptors (Lipinski definition) is 4. The summed E-state index contributed by atoms with van der Waals surface area (Å²) in [5.41, 5.74) is 2.90. The van der Waals surface area contributed by atoms with Gasteiger partial charge >= 0.3 is 0 Å². The van der Waals surface area contributed by atoms with Gasteiger partial charge in [0.25, 0.3) is 0 Å². The van der Waals surface area contributed by atoms with Gasteiger partial charge in [0, 0.05) is 17.8 Å². The summed E-state index contributed by atoms with van der Waals surface area (Å²) in [6.07, 6.45) is 0. The van der Waals surface area contributed by atoms with Crippen molar-refractivity contribution in [2.24, 2.45) is 5.92 Å². The quantitative estimate of drug-likeness (QED) is 0.677. The first-order valence-electron chi connectivity index (χ1n) is 10.7. The number of amides is 1. The van der Waals surface area contributed by atoms with E-state index in [1.54, 1.807) is 0 Å². The number of thiocarbonyl (C=S) groups is 1. The molecule has 1 fully saturated rings. The molecule has 2 aliphatic rings. The van der Waals surface area contributed by atoms with Crippen LogP contribution in [0.25, 0.3) is 0 Å². The molecule has 4 rings (SSSR count). The number of aryl methyl sites for hydroxylation is 2. The smallest absolute Gasteiger partial charge is 0.236 e. The molecule has 0 radical (unpaired) electrons. The van der Waals surface area contributed by atoms with Crippen LogP contribution in [0.15, 0.2) is 36.4 Å². The summed E-state index contributed by atoms with van der Waals surface area (Å²) in [5, 5.41) is 7.11. The highest BCUT2D eigenvalue weighted by Gasteiger charge is 2.58. The van der Waals surface area contributed by atoms with E-state index >= 15 is 0 Å². The van der Waals surface area contributed by atoms with Gasteiger partial charge in [-0.3, -0.25) is 4.79 Å². The van der Waals surface area contributed by atoms with Crippen LogP contribution in [0.2, 0.25) is 0 Å². The number of fused-ring (bicyclic) bond motifs is 4. The van der Waals surface area contributed by atoms with Crippen LogP contribution in [0.3, 0.4) is 0 Å². The van der Waals surface area contributed by atoms with Crippen molar-refractivity contribution in [3.63, 3.8) is 0 Å². The molecule has 2 aromatic rings. The monoisotopic (exact) mass is 439 g/mol. The standard InChI is InChI=1S/C24H29N3O3S/c1-6-27-23(31)26-20-16-9-8-10-18(29-7-2)21(16)30-24(27,5)19(20)22(28)25-17-12-11-14(3)13-15(17)4/h8-13,19-20H,6-7H2,1-5H3,(H,25,28)(H,26,31)/t19-,20+,24-/m0/s1. The second-order valence-corrected chi connectivity index (χ2v) is 8.61. The second kappa shape index (κ2) is 8.04. The van der Waals surface area contributed by atoms with Gasteiger partial charge in [0.05, 0.1) is 12.6 Å². The molecule has 2 N–H and O–H groups in total. The molecule has 2 aliphatic heterocycles. The maximum Gasteiger partial charge on any atom is 0.236 e. The fourth-order valence-corrected chi connectivity index (χ4v) is 5.17. The topological polar surface area (TPSA) is 62.8 Å². The molecule has 2 heterocycles. The fraction of sp³-hybridized carbons (Fsp3) is 0.417. The van der Waals surface area contributed by atoms with Crippen molar-refractivity contribution in [1.82, 2.24) is 10.2 Å². The molecule has 2 aromatic carbocycles. The third kappa shape index (κ3) is 3.51. The molecule has 164 valence electrons. The van der Waals surface area contributed by atoms with Crippen LogP contribution < -0.4 is 20.1 Å². The van der Waals surface area contributed by atoms with E-state index in [0.717, 1.165) is 22.4 Å². The summed E-state index contributed by atoms with van der Waals surface area (Å²) in [6.45, 7) is 11.1. The van der Waals surface area contributed by atoms with E-state index in [-0.39, 0.29) is 11.9 Å². The van der Waals surface area contributed by atoms with Crippen LogP contribution in [0.5, 0.6) is 11.5 Å². The Hall–Kier alpha value is -2.80. The Bertz CT molecular complexity index is 1040. The predicted octanol–water partition coefficient (Wildman–Crippen LogP) is 4.32. The highest BCUT2D eigenvalue weighted by atomic mass is 32.1. The number of nitrogens with one attached hydrogen (secondary N) is 2. The molecule has 1 saturated heterocycles. The van der Waals surface area contributed by atoms with E-state index in [1.165, 1.54) is 0 Å². The molecule has 0 spiro atoms. The summed E-state index contributed by atoms with van der Waals surface area (Å²) in [5.74, 6) is 0.709. The summed E-state index contributed by atoms with van der Waals surface area (Å²) < 4.78 is 12.4. The lowest BCUT2D eigenvalue weighted by molar-refractivity contribution is -0.149. The molecule has 31 heavy (non-hydrogen) atoms. The van der Waals surface area contributed by atoms with Gasteiger partial charge in [0.1, 0.15) is 5.92 Å². The molecule has 0 saturated carbocycles. The maximum atomic E-state index is 13.7. The van der Waals surface area contributed by atoms with Gasteiger partial charge in [-0.1, -0.05) is 29.8 Å². The van der Waals surface area contributed by atoms with Gasteiger partial charge in [-0.2, -0.15) is 0 Å². The van der Waals surface area contributed by atoms with Crippen molar-refractivity contribution in [2.75, 3.05) is 18.5 Å². The zero-order valence-electron chi connectivity index (χ0n) is 18.6. The van der Waals surface area contributed by atoms with Crippen molar-refractivity contribution >= 4 is 28.9 Å². The average molecular weight is 440 g/mol. The van der Waals surface area contributed by atoms with Gasteiger partial charge in [0.15, 0.2) is 22.3 Å². The van der Waals surface area contributed by atoms with Crippen LogP contribution in [0, 0.1) is 19.8 Å². The number of hydrogen-bond donors (Lipinski definition) is 2. The van der Waals surface area contributed by atoms with Crippen LogP contribution in [-0.4, -0.2) is 34.8 Å². The van der Waals surface area contributed by atoms with Crippen molar-refractivity contribution in [1.29, 1.82) is 0 Å². The van der Waals surface area contributed by atoms with Crippen molar-refractivity contribution < 1.29 is 14.3 Å². The molecular formula is C24H29N3O3S. The number of nitrogens with zero attached hydrogens (tertiary/aromatic N) is 1. The lowest BCUT2D eigenvalue weighted by Gasteiger charge is -2.56. The lowest BCUT2D eigenvalue weighted by Crippen LogP contribution is -2.71. The van der Waals surface area contributed by atoms with Gasteiger partial charge < -0.3 is 25.0 Å². The molecule has 2 bridgehead atoms. The van der Waals surface area contributed by atoms with E-state index in [2.05, 4.69) is 16.7 Å². The second-order valence-electron chi connectivity index (χ2n) is 8.22. The summed E-state index contributed by atoms with van der Waals surface area (Å²) in [6, 6.07) is 11.5. The van der Waals surface area contributed by atoms with Crippen molar-refractivity contribution in [3.8, 4) is 11.5 Å². The van der Waals surface area contributed by atoms with Gasteiger partial charge in [0.2, 0.25) is 5.91 Å². The molecule has 1 amide bonds. The molecule has 0 unspecified atom stereocenters. The molecule has 0 aliphatic carbocycles. The van der Waals surface area contributed by atoms with Gasteiger partial charge in [-0.05, 0) is 64.5 Å². The highest BCUT2D eigenvalue weighted by molar-refractivity contribution is 7.80. The van der Waals surface area contributed by atoms with Crippen molar-refractivity contribution in [2.45, 2.75) is 46.4 Å². The summed E-state index contributed by atoms with van der Waals surface area (Å²) >= 11 is 5.64. The number of rotatable bonds is 5. The number of carbonyl (C=O) groups excluding carboxylic acids is 1. The molecular weight excluding hydrogens is 410 g/mol. The average Bonchev–Trinajstić information content (AvgIpc) is 2.70. The Morgan fingerprint density at radius 2 is 2.06 bits per heavy atom. The minimum Gasteiger partial charge on any atom is -0.490 e. The summed E-state index contributed by atoms with van der Waals surface area (Å²) in [4.78, 5) is 15.6. The third-order valence-electron chi connectivity index (χ3n) is 6.16. The minimum absolute atomic E-state index is 0.111. The molecule has 3 atom stereocenters. The first-order chi connectivity index (χ1) is 14.8. The minimum atomic E-state index is -0.954. The highest BCUT2D eigenvalue weighted by Crippen LogP contribution is 2.51. The first kappa shape index (κ1) is 21.4. The van der Waals surface area contributed by atoms with Crippen LogP contribution in [0.1, 0.15) is 43.5 Å². The molecule has 7 heteroatoms. The normalized spacial score (nSPS) is 24.0. The molecule has 0 aromatic heterocycles. The van der Waals surface area contributed by atoms with Crippen LogP contribution >= 0.6 is 12.2 Å². The number of para-hydroxylation sites is 1. The lowest BCUT2D eigenvalue weighted by atomic mass is 9.78. The van der Waals surface area contributed by atoms with Gasteiger partial charge in [-0.15, -0.1) is 0 Å². The Morgan fingerprint density at radius 1 is 1.29 bits per heavy atom. The number of ether oxygens (including phenoxy) is 2. The van der Waals surface area contributed by atoms with E-state index < -0.39 is 11.6 Å². The SMILES string of the molecule is CCOc1cccc2c1O[C@@]1(C)[C@H](C(=O)Nc3ccc(C)cc3C)[C@@H]2NC(=S)N1CC. The van der Waals surface area contributed by atoms with Gasteiger partial charge in [-0.25, -0.2) is 0 Å². The Balaban J connectivity index is 1.79. The zero-order chi connectivity index (χ0) is 22.3. The zero-order valence-corrected chi connectivity index (χ0v) is 19.4. The Kier molecular flexibility index (Phi) is 5.56. The van der Waals surface area contributed by atoms with E-state index in [4.69, 9.17) is 21.7 Å². The van der Waals surface area contributed by atoms with Crippen LogP contribution in [-0.2, 0) is 4.79 Å². The maximum absolute atomic E-state index is 13.7. The van der Waals surface area contributed by atoms with E-state index in [0.29, 0.717) is 29.8 Å².